The molecule has 6 nitrogen and oxygen atoms in total. The van der Waals surface area contributed by atoms with Crippen molar-refractivity contribution in [2.75, 3.05) is 13.2 Å². The van der Waals surface area contributed by atoms with Crippen molar-refractivity contribution < 1.29 is 23.8 Å². The number of nitriles is 1. The van der Waals surface area contributed by atoms with Crippen molar-refractivity contribution in [3.8, 4) is 11.8 Å². The van der Waals surface area contributed by atoms with E-state index >= 15 is 0 Å². The fraction of sp³-hybridized carbons (Fsp3) is 0.250. The van der Waals surface area contributed by atoms with Gasteiger partial charge in [-0.25, -0.2) is 9.59 Å². The standard InChI is InChI=1S/C12H10INO5/c13-12(16)19-7-9-1-3-10(4-2-9)18-8-11(15)17-6-5-14/h1-4H,6-8H2. The number of rotatable bonds is 6. The number of carbonyl (C=O) groups is 2. The van der Waals surface area contributed by atoms with Crippen LogP contribution >= 0.6 is 22.6 Å². The van der Waals surface area contributed by atoms with Gasteiger partial charge in [0, 0.05) is 0 Å². The fourth-order valence-corrected chi connectivity index (χ4v) is 1.27. The highest BCUT2D eigenvalue weighted by Crippen LogP contribution is 2.13. The molecule has 0 radical (unpaired) electrons. The summed E-state index contributed by atoms with van der Waals surface area (Å²) in [4.78, 5) is 21.7. The van der Waals surface area contributed by atoms with Crippen molar-refractivity contribution in [1.29, 1.82) is 5.26 Å². The first-order valence-electron chi connectivity index (χ1n) is 5.18. The molecule has 0 amide bonds. The van der Waals surface area contributed by atoms with E-state index in [2.05, 4.69) is 4.74 Å². The summed E-state index contributed by atoms with van der Waals surface area (Å²) in [7, 11) is 0. The summed E-state index contributed by atoms with van der Waals surface area (Å²) in [5.74, 6) is -0.122. The van der Waals surface area contributed by atoms with Gasteiger partial charge in [-0.2, -0.15) is 5.26 Å². The van der Waals surface area contributed by atoms with Gasteiger partial charge in [0.25, 0.3) is 0 Å². The van der Waals surface area contributed by atoms with Crippen molar-refractivity contribution in [1.82, 2.24) is 0 Å². The van der Waals surface area contributed by atoms with Crippen LogP contribution in [0.3, 0.4) is 0 Å². The van der Waals surface area contributed by atoms with Crippen molar-refractivity contribution in [2.45, 2.75) is 6.61 Å². The van der Waals surface area contributed by atoms with Gasteiger partial charge in [0.1, 0.15) is 18.4 Å². The molecule has 1 rings (SSSR count). The number of hydrogen-bond acceptors (Lipinski definition) is 6. The molecule has 0 unspecified atom stereocenters. The van der Waals surface area contributed by atoms with E-state index in [0.717, 1.165) is 5.56 Å². The summed E-state index contributed by atoms with van der Waals surface area (Å²) >= 11 is 1.55. The molecule has 0 aliphatic carbocycles. The van der Waals surface area contributed by atoms with E-state index in [9.17, 15) is 9.59 Å². The average Bonchev–Trinajstić information content (AvgIpc) is 2.41. The number of carbonyl (C=O) groups excluding carboxylic acids is 2. The lowest BCUT2D eigenvalue weighted by Gasteiger charge is -2.06. The predicted molar refractivity (Wildman–Crippen MR) is 72.7 cm³/mol. The zero-order chi connectivity index (χ0) is 14.1. The molecule has 100 valence electrons. The largest absolute Gasteiger partial charge is 0.482 e. The minimum absolute atomic E-state index is 0.187. The smallest absolute Gasteiger partial charge is 0.367 e. The molecule has 0 heterocycles. The van der Waals surface area contributed by atoms with Crippen LogP contribution in [0.5, 0.6) is 5.75 Å². The van der Waals surface area contributed by atoms with E-state index in [1.54, 1.807) is 52.9 Å². The van der Waals surface area contributed by atoms with Crippen LogP contribution in [-0.4, -0.2) is 23.2 Å². The molecule has 0 N–H and O–H groups in total. The van der Waals surface area contributed by atoms with Gasteiger partial charge in [-0.1, -0.05) is 12.1 Å². The minimum Gasteiger partial charge on any atom is -0.482 e. The van der Waals surface area contributed by atoms with E-state index in [-0.39, 0.29) is 23.8 Å². The molecule has 1 aromatic rings. The quantitative estimate of drug-likeness (QED) is 0.431. The predicted octanol–water partition coefficient (Wildman–Crippen LogP) is 2.20. The summed E-state index contributed by atoms with van der Waals surface area (Å²) in [6.07, 6.45) is 0. The second-order valence-corrected chi connectivity index (χ2v) is 4.16. The Balaban J connectivity index is 2.38. The number of ether oxygens (including phenoxy) is 3. The third-order valence-corrected chi connectivity index (χ3v) is 2.24. The summed E-state index contributed by atoms with van der Waals surface area (Å²) in [5, 5.41) is 8.22. The molecule has 19 heavy (non-hydrogen) atoms. The van der Waals surface area contributed by atoms with Gasteiger partial charge in [0.2, 0.25) is 0 Å². The molecule has 7 heteroatoms. The van der Waals surface area contributed by atoms with Gasteiger partial charge in [-0.15, -0.1) is 0 Å². The fourth-order valence-electron chi connectivity index (χ4n) is 1.12. The third kappa shape index (κ3) is 6.61. The molecular weight excluding hydrogens is 365 g/mol. The van der Waals surface area contributed by atoms with Crippen LogP contribution in [0.15, 0.2) is 24.3 Å². The van der Waals surface area contributed by atoms with Crippen molar-refractivity contribution in [3.05, 3.63) is 29.8 Å². The molecule has 0 bridgehead atoms. The molecule has 0 aromatic heterocycles. The highest BCUT2D eigenvalue weighted by atomic mass is 127. The lowest BCUT2D eigenvalue weighted by Crippen LogP contribution is -2.14. The molecule has 0 atom stereocenters. The van der Waals surface area contributed by atoms with E-state index < -0.39 is 5.97 Å². The Kier molecular flexibility index (Phi) is 6.67. The highest BCUT2D eigenvalue weighted by Gasteiger charge is 2.04. The molecule has 0 saturated heterocycles. The number of benzene rings is 1. The van der Waals surface area contributed by atoms with Crippen LogP contribution in [0, 0.1) is 11.3 Å². The second-order valence-electron chi connectivity index (χ2n) is 3.28. The topological polar surface area (TPSA) is 85.6 Å². The summed E-state index contributed by atoms with van der Waals surface area (Å²) in [6, 6.07) is 8.42. The van der Waals surface area contributed by atoms with E-state index in [4.69, 9.17) is 14.7 Å². The Morgan fingerprint density at radius 1 is 1.21 bits per heavy atom. The van der Waals surface area contributed by atoms with E-state index in [1.165, 1.54) is 0 Å². The summed E-state index contributed by atoms with van der Waals surface area (Å²) in [5.41, 5.74) is 0.810. The molecule has 0 aliphatic rings. The van der Waals surface area contributed by atoms with Gasteiger partial charge in [0.15, 0.2) is 13.2 Å². The van der Waals surface area contributed by atoms with Gasteiger partial charge in [-0.3, -0.25) is 0 Å². The Morgan fingerprint density at radius 3 is 2.47 bits per heavy atom. The van der Waals surface area contributed by atoms with Gasteiger partial charge in [0.05, 0.1) is 22.6 Å². The monoisotopic (exact) mass is 375 g/mol. The van der Waals surface area contributed by atoms with Crippen molar-refractivity contribution in [3.63, 3.8) is 0 Å². The SMILES string of the molecule is N#CCOC(=O)COc1ccc(COC(=O)I)cc1. The highest BCUT2D eigenvalue weighted by molar-refractivity contribution is 14.1. The molecule has 0 saturated carbocycles. The molecule has 0 aliphatic heterocycles. The minimum atomic E-state index is -0.607. The second kappa shape index (κ2) is 8.31. The number of esters is 1. The zero-order valence-corrected chi connectivity index (χ0v) is 12.0. The first-order valence-corrected chi connectivity index (χ1v) is 6.26. The van der Waals surface area contributed by atoms with Crippen LogP contribution in [0.4, 0.5) is 4.79 Å². The van der Waals surface area contributed by atoms with Crippen LogP contribution in [0.2, 0.25) is 0 Å². The first kappa shape index (κ1) is 15.2. The number of hydrogen-bond donors (Lipinski definition) is 0. The average molecular weight is 375 g/mol. The number of nitrogens with zero attached hydrogens (tertiary/aromatic N) is 1. The Bertz CT molecular complexity index is 480. The van der Waals surface area contributed by atoms with Gasteiger partial charge >= 0.3 is 9.95 Å². The van der Waals surface area contributed by atoms with Crippen LogP contribution in [-0.2, 0) is 20.9 Å². The zero-order valence-electron chi connectivity index (χ0n) is 9.80. The van der Waals surface area contributed by atoms with Gasteiger partial charge < -0.3 is 14.2 Å². The lowest BCUT2D eigenvalue weighted by molar-refractivity contribution is -0.144. The third-order valence-electron chi connectivity index (χ3n) is 1.93. The first-order chi connectivity index (χ1) is 9.11. The van der Waals surface area contributed by atoms with Crippen LogP contribution in [0.1, 0.15) is 5.56 Å². The maximum absolute atomic E-state index is 11.1. The van der Waals surface area contributed by atoms with Crippen LogP contribution in [0.25, 0.3) is 0 Å². The summed E-state index contributed by atoms with van der Waals surface area (Å²) in [6.45, 7) is -0.362. The van der Waals surface area contributed by atoms with Crippen molar-refractivity contribution in [2.24, 2.45) is 0 Å². The molecule has 0 spiro atoms. The van der Waals surface area contributed by atoms with E-state index in [0.29, 0.717) is 5.75 Å². The Hall–Kier alpha value is -1.82. The molecule has 1 aromatic carbocycles. The normalized spacial score (nSPS) is 9.26. The van der Waals surface area contributed by atoms with Crippen molar-refractivity contribution >= 4 is 32.5 Å². The van der Waals surface area contributed by atoms with Crippen LogP contribution < -0.4 is 4.74 Å². The number of halogens is 1. The maximum Gasteiger partial charge on any atom is 0.367 e. The lowest BCUT2D eigenvalue weighted by atomic mass is 10.2. The van der Waals surface area contributed by atoms with Gasteiger partial charge in [-0.05, 0) is 17.7 Å². The Morgan fingerprint density at radius 2 is 1.89 bits per heavy atom. The maximum atomic E-state index is 11.1. The Labute approximate surface area is 123 Å². The van der Waals surface area contributed by atoms with E-state index in [1.807, 2.05) is 0 Å². The molecular formula is C12H10INO5. The molecule has 0 fully saturated rings. The summed E-state index contributed by atoms with van der Waals surface area (Å²) < 4.78 is 14.1.